The summed E-state index contributed by atoms with van der Waals surface area (Å²) in [6.07, 6.45) is 5.73. The molecule has 2 fully saturated rings. The van der Waals surface area contributed by atoms with E-state index in [2.05, 4.69) is 5.10 Å². The molecule has 0 N–H and O–H groups in total. The van der Waals surface area contributed by atoms with Crippen LogP contribution < -0.4 is 0 Å². The molecule has 2 saturated heterocycles. The van der Waals surface area contributed by atoms with E-state index in [0.717, 1.165) is 32.5 Å². The number of hydrogen-bond donors (Lipinski definition) is 0. The Labute approximate surface area is 107 Å². The quantitative estimate of drug-likeness (QED) is 0.786. The van der Waals surface area contributed by atoms with Crippen LogP contribution in [0.1, 0.15) is 26.7 Å². The summed E-state index contributed by atoms with van der Waals surface area (Å²) >= 11 is 0. The highest BCUT2D eigenvalue weighted by molar-refractivity contribution is 5.84. The number of hydrogen-bond acceptors (Lipinski definition) is 3. The molecule has 0 atom stereocenters. The fourth-order valence-corrected chi connectivity index (χ4v) is 2.88. The Hall–Kier alpha value is -1.36. The van der Waals surface area contributed by atoms with Crippen LogP contribution >= 0.6 is 0 Å². The Morgan fingerprint density at radius 3 is 2.78 bits per heavy atom. The molecule has 0 aromatic carbocycles. The van der Waals surface area contributed by atoms with Crippen molar-refractivity contribution in [3.8, 4) is 0 Å². The van der Waals surface area contributed by atoms with Gasteiger partial charge in [-0.25, -0.2) is 0 Å². The molecular formula is C13H19N3O2. The highest BCUT2D eigenvalue weighted by atomic mass is 16.5. The summed E-state index contributed by atoms with van der Waals surface area (Å²) in [6.45, 7) is 6.11. The Morgan fingerprint density at radius 2 is 2.22 bits per heavy atom. The molecule has 98 valence electrons. The van der Waals surface area contributed by atoms with Gasteiger partial charge in [-0.1, -0.05) is 0 Å². The summed E-state index contributed by atoms with van der Waals surface area (Å²) in [7, 11) is 0. The normalized spacial score (nSPS) is 22.2. The van der Waals surface area contributed by atoms with Crippen molar-refractivity contribution >= 4 is 5.91 Å². The van der Waals surface area contributed by atoms with Gasteiger partial charge in [-0.3, -0.25) is 9.48 Å². The molecule has 3 rings (SSSR count). The number of aromatic nitrogens is 2. The topological polar surface area (TPSA) is 47.4 Å². The van der Waals surface area contributed by atoms with E-state index >= 15 is 0 Å². The molecule has 1 spiro atoms. The highest BCUT2D eigenvalue weighted by Gasteiger charge is 2.51. The number of amides is 1. The molecule has 5 heteroatoms. The van der Waals surface area contributed by atoms with Crippen LogP contribution in [-0.2, 0) is 15.1 Å². The molecular weight excluding hydrogens is 230 g/mol. The predicted molar refractivity (Wildman–Crippen MR) is 66.0 cm³/mol. The van der Waals surface area contributed by atoms with Crippen LogP contribution in [0.5, 0.6) is 0 Å². The van der Waals surface area contributed by atoms with Gasteiger partial charge in [-0.15, -0.1) is 0 Å². The lowest BCUT2D eigenvalue weighted by Crippen LogP contribution is -2.66. The molecule has 0 unspecified atom stereocenters. The lowest BCUT2D eigenvalue weighted by molar-refractivity contribution is -0.165. The molecule has 0 bridgehead atoms. The molecule has 0 radical (unpaired) electrons. The van der Waals surface area contributed by atoms with Crippen LogP contribution in [0, 0.1) is 0 Å². The van der Waals surface area contributed by atoms with Crippen molar-refractivity contribution in [1.29, 1.82) is 0 Å². The summed E-state index contributed by atoms with van der Waals surface area (Å²) in [5, 5.41) is 4.18. The largest absolute Gasteiger partial charge is 0.371 e. The van der Waals surface area contributed by atoms with E-state index in [9.17, 15) is 4.79 Å². The smallest absolute Gasteiger partial charge is 0.250 e. The minimum absolute atomic E-state index is 0.0319. The van der Waals surface area contributed by atoms with Crippen LogP contribution in [0.25, 0.3) is 0 Å². The Kier molecular flexibility index (Phi) is 2.48. The zero-order valence-corrected chi connectivity index (χ0v) is 10.9. The van der Waals surface area contributed by atoms with Crippen molar-refractivity contribution in [2.24, 2.45) is 0 Å². The fraction of sp³-hybridized carbons (Fsp3) is 0.692. The van der Waals surface area contributed by atoms with Crippen molar-refractivity contribution < 1.29 is 9.53 Å². The van der Waals surface area contributed by atoms with E-state index in [1.165, 1.54) is 0 Å². The summed E-state index contributed by atoms with van der Waals surface area (Å²) in [4.78, 5) is 14.4. The first-order chi connectivity index (χ1) is 8.54. The van der Waals surface area contributed by atoms with E-state index in [0.29, 0.717) is 0 Å². The molecule has 18 heavy (non-hydrogen) atoms. The van der Waals surface area contributed by atoms with E-state index in [-0.39, 0.29) is 11.5 Å². The van der Waals surface area contributed by atoms with Crippen LogP contribution in [0.3, 0.4) is 0 Å². The van der Waals surface area contributed by atoms with Gasteiger partial charge in [0.2, 0.25) is 5.91 Å². The van der Waals surface area contributed by atoms with Crippen LogP contribution in [0.4, 0.5) is 0 Å². The lowest BCUT2D eigenvalue weighted by Gasteiger charge is -2.49. The molecule has 3 heterocycles. The SMILES string of the molecule is CC(C)(C(=O)N1CC2(CCCO2)C1)n1cccn1. The van der Waals surface area contributed by atoms with Crippen LogP contribution in [0.2, 0.25) is 0 Å². The van der Waals surface area contributed by atoms with Gasteiger partial charge in [-0.05, 0) is 32.8 Å². The molecule has 5 nitrogen and oxygen atoms in total. The van der Waals surface area contributed by atoms with Crippen molar-refractivity contribution in [1.82, 2.24) is 14.7 Å². The predicted octanol–water partition coefficient (Wildman–Crippen LogP) is 1.01. The standard InChI is InChI=1S/C13H19N3O2/c1-12(2,16-7-4-6-14-16)11(17)15-9-13(10-15)5-3-8-18-13/h4,6-7H,3,5,8-10H2,1-2H3. The lowest BCUT2D eigenvalue weighted by atomic mass is 9.88. The van der Waals surface area contributed by atoms with E-state index in [1.807, 2.05) is 31.0 Å². The van der Waals surface area contributed by atoms with E-state index < -0.39 is 5.54 Å². The fourth-order valence-electron chi connectivity index (χ4n) is 2.88. The maximum absolute atomic E-state index is 12.5. The summed E-state index contributed by atoms with van der Waals surface area (Å²) in [5.74, 6) is 0.118. The average Bonchev–Trinajstić information content (AvgIpc) is 2.96. The molecule has 2 aliphatic rings. The second-order valence-electron chi connectivity index (χ2n) is 5.81. The van der Waals surface area contributed by atoms with Gasteiger partial charge in [0.15, 0.2) is 0 Å². The Balaban J connectivity index is 1.69. The molecule has 0 saturated carbocycles. The molecule has 1 aromatic heterocycles. The van der Waals surface area contributed by atoms with E-state index in [4.69, 9.17) is 4.74 Å². The maximum atomic E-state index is 12.5. The number of rotatable bonds is 2. The third kappa shape index (κ3) is 1.65. The second kappa shape index (κ2) is 3.82. The first-order valence-corrected chi connectivity index (χ1v) is 6.47. The number of carbonyl (C=O) groups is 1. The third-order valence-corrected chi connectivity index (χ3v) is 4.03. The molecule has 2 aliphatic heterocycles. The third-order valence-electron chi connectivity index (χ3n) is 4.03. The van der Waals surface area contributed by atoms with Gasteiger partial charge in [0.1, 0.15) is 11.1 Å². The van der Waals surface area contributed by atoms with Crippen LogP contribution in [-0.4, -0.2) is 45.9 Å². The molecule has 0 aliphatic carbocycles. The average molecular weight is 249 g/mol. The monoisotopic (exact) mass is 249 g/mol. The molecule has 1 amide bonds. The zero-order chi connectivity index (χ0) is 12.8. The number of ether oxygens (including phenoxy) is 1. The van der Waals surface area contributed by atoms with E-state index in [1.54, 1.807) is 10.9 Å². The zero-order valence-electron chi connectivity index (χ0n) is 10.9. The van der Waals surface area contributed by atoms with Gasteiger partial charge in [0.05, 0.1) is 13.1 Å². The highest BCUT2D eigenvalue weighted by Crippen LogP contribution is 2.36. The van der Waals surface area contributed by atoms with Gasteiger partial charge < -0.3 is 9.64 Å². The van der Waals surface area contributed by atoms with Crippen LogP contribution in [0.15, 0.2) is 18.5 Å². The van der Waals surface area contributed by atoms with Gasteiger partial charge in [0, 0.05) is 19.0 Å². The minimum Gasteiger partial charge on any atom is -0.371 e. The van der Waals surface area contributed by atoms with Gasteiger partial charge in [-0.2, -0.15) is 5.10 Å². The first-order valence-electron chi connectivity index (χ1n) is 6.47. The minimum atomic E-state index is -0.621. The number of carbonyl (C=O) groups excluding carboxylic acids is 1. The Bertz CT molecular complexity index is 439. The molecule has 1 aromatic rings. The number of likely N-dealkylation sites (tertiary alicyclic amines) is 1. The summed E-state index contributed by atoms with van der Waals surface area (Å²) < 4.78 is 7.46. The number of nitrogens with zero attached hydrogens (tertiary/aromatic N) is 3. The van der Waals surface area contributed by atoms with Crippen molar-refractivity contribution in [3.63, 3.8) is 0 Å². The van der Waals surface area contributed by atoms with Gasteiger partial charge in [0.25, 0.3) is 0 Å². The summed E-state index contributed by atoms with van der Waals surface area (Å²) in [6, 6.07) is 1.84. The van der Waals surface area contributed by atoms with Crippen molar-refractivity contribution in [2.45, 2.75) is 37.8 Å². The van der Waals surface area contributed by atoms with Crippen molar-refractivity contribution in [2.75, 3.05) is 19.7 Å². The summed E-state index contributed by atoms with van der Waals surface area (Å²) in [5.41, 5.74) is -0.653. The second-order valence-corrected chi connectivity index (χ2v) is 5.81. The van der Waals surface area contributed by atoms with Gasteiger partial charge >= 0.3 is 0 Å². The van der Waals surface area contributed by atoms with Crippen molar-refractivity contribution in [3.05, 3.63) is 18.5 Å². The first kappa shape index (κ1) is 11.7. The Morgan fingerprint density at radius 1 is 1.44 bits per heavy atom. The maximum Gasteiger partial charge on any atom is 0.250 e.